The van der Waals surface area contributed by atoms with E-state index in [-0.39, 0.29) is 36.1 Å². The van der Waals surface area contributed by atoms with Crippen LogP contribution in [0.4, 0.5) is 18.9 Å². The topological polar surface area (TPSA) is 41.1 Å². The summed E-state index contributed by atoms with van der Waals surface area (Å²) in [6.45, 7) is 0.911. The van der Waals surface area contributed by atoms with Crippen LogP contribution in [0.5, 0.6) is 0 Å². The highest BCUT2D eigenvalue weighted by Gasteiger charge is 2.29. The summed E-state index contributed by atoms with van der Waals surface area (Å²) in [6.07, 6.45) is -2.96. The minimum Gasteiger partial charge on any atom is -0.325 e. The van der Waals surface area contributed by atoms with E-state index < -0.39 is 12.6 Å². The summed E-state index contributed by atoms with van der Waals surface area (Å²) in [7, 11) is 0. The molecule has 1 aliphatic carbocycles. The zero-order valence-corrected chi connectivity index (χ0v) is 12.2. The molecule has 0 atom stereocenters. The Morgan fingerprint density at radius 2 is 1.90 bits per heavy atom. The van der Waals surface area contributed by atoms with E-state index in [9.17, 15) is 18.0 Å². The molecule has 1 aromatic rings. The molecule has 21 heavy (non-hydrogen) atoms. The van der Waals surface area contributed by atoms with Crippen molar-refractivity contribution in [2.24, 2.45) is 5.92 Å². The van der Waals surface area contributed by atoms with Crippen molar-refractivity contribution in [1.29, 1.82) is 0 Å². The molecule has 1 aromatic carbocycles. The van der Waals surface area contributed by atoms with Gasteiger partial charge in [-0.25, -0.2) is 0 Å². The number of nitrogens with one attached hydrogen (secondary N) is 2. The van der Waals surface area contributed by atoms with Crippen molar-refractivity contribution in [3.8, 4) is 0 Å². The van der Waals surface area contributed by atoms with Gasteiger partial charge in [0.2, 0.25) is 5.91 Å². The molecule has 0 bridgehead atoms. The van der Waals surface area contributed by atoms with Crippen LogP contribution in [0.15, 0.2) is 24.3 Å². The minimum atomic E-state index is -4.29. The molecule has 0 aromatic heterocycles. The molecule has 0 unspecified atom stereocenters. The third kappa shape index (κ3) is 6.82. The quantitative estimate of drug-likeness (QED) is 0.844. The molecule has 0 saturated heterocycles. The second-order valence-corrected chi connectivity index (χ2v) is 5.07. The van der Waals surface area contributed by atoms with Crippen molar-refractivity contribution >= 4 is 24.0 Å². The monoisotopic (exact) mass is 322 g/mol. The number of carbonyl (C=O) groups excluding carboxylic acids is 1. The lowest BCUT2D eigenvalue weighted by molar-refractivity contribution is -0.127. The number of benzene rings is 1. The molecular formula is C14H18ClF3N2O. The van der Waals surface area contributed by atoms with Gasteiger partial charge in [-0.1, -0.05) is 18.2 Å². The highest BCUT2D eigenvalue weighted by molar-refractivity contribution is 5.93. The summed E-state index contributed by atoms with van der Waals surface area (Å²) < 4.78 is 37.3. The maximum absolute atomic E-state index is 12.4. The Kier molecular flexibility index (Phi) is 6.48. The van der Waals surface area contributed by atoms with Crippen LogP contribution in [0.3, 0.4) is 0 Å². The molecule has 0 aliphatic heterocycles. The van der Waals surface area contributed by atoms with Crippen molar-refractivity contribution < 1.29 is 18.0 Å². The fraction of sp³-hybridized carbons (Fsp3) is 0.500. The smallest absolute Gasteiger partial charge is 0.325 e. The lowest BCUT2D eigenvalue weighted by Crippen LogP contribution is -2.30. The van der Waals surface area contributed by atoms with E-state index in [1.165, 1.54) is 31.0 Å². The fourth-order valence-corrected chi connectivity index (χ4v) is 1.92. The summed E-state index contributed by atoms with van der Waals surface area (Å²) in [5, 5.41) is 5.53. The molecule has 0 radical (unpaired) electrons. The number of halogens is 4. The zero-order valence-electron chi connectivity index (χ0n) is 11.4. The Morgan fingerprint density at radius 3 is 2.52 bits per heavy atom. The summed E-state index contributed by atoms with van der Waals surface area (Å²) in [6, 6.07) is 6.00. The van der Waals surface area contributed by atoms with E-state index in [2.05, 4.69) is 10.6 Å². The van der Waals surface area contributed by atoms with Crippen LogP contribution in [-0.2, 0) is 11.2 Å². The second kappa shape index (κ2) is 7.66. The van der Waals surface area contributed by atoms with E-state index in [1.54, 1.807) is 6.07 Å². The van der Waals surface area contributed by atoms with Crippen molar-refractivity contribution in [3.63, 3.8) is 0 Å². The van der Waals surface area contributed by atoms with Crippen molar-refractivity contribution in [1.82, 2.24) is 5.32 Å². The number of anilines is 1. The van der Waals surface area contributed by atoms with Gasteiger partial charge in [0.25, 0.3) is 0 Å². The molecule has 1 saturated carbocycles. The zero-order chi connectivity index (χ0) is 14.6. The number of hydrogen-bond donors (Lipinski definition) is 2. The summed E-state index contributed by atoms with van der Waals surface area (Å²) in [5.41, 5.74) is 0.304. The number of hydrogen-bond acceptors (Lipinski definition) is 2. The molecule has 0 heterocycles. The van der Waals surface area contributed by atoms with E-state index >= 15 is 0 Å². The molecular weight excluding hydrogens is 305 g/mol. The Hall–Kier alpha value is -1.27. The number of amides is 1. The molecule has 3 nitrogen and oxygen atoms in total. The SMILES string of the molecule is Cl.O=C(CNCC1CC1)Nc1ccccc1CC(F)(F)F. The maximum atomic E-state index is 12.4. The van der Waals surface area contributed by atoms with Crippen LogP contribution < -0.4 is 10.6 Å². The van der Waals surface area contributed by atoms with E-state index in [1.807, 2.05) is 0 Å². The first-order valence-corrected chi connectivity index (χ1v) is 6.59. The first-order valence-electron chi connectivity index (χ1n) is 6.59. The largest absolute Gasteiger partial charge is 0.393 e. The summed E-state index contributed by atoms with van der Waals surface area (Å²) in [4.78, 5) is 11.7. The summed E-state index contributed by atoms with van der Waals surface area (Å²) >= 11 is 0. The van der Waals surface area contributed by atoms with Crippen LogP contribution in [0.2, 0.25) is 0 Å². The Morgan fingerprint density at radius 1 is 1.24 bits per heavy atom. The highest BCUT2D eigenvalue weighted by Crippen LogP contribution is 2.27. The molecule has 7 heteroatoms. The predicted octanol–water partition coefficient (Wildman–Crippen LogP) is 3.15. The van der Waals surface area contributed by atoms with Gasteiger partial charge >= 0.3 is 6.18 Å². The van der Waals surface area contributed by atoms with Gasteiger partial charge in [0.05, 0.1) is 13.0 Å². The number of rotatable bonds is 6. The van der Waals surface area contributed by atoms with Crippen LogP contribution in [0, 0.1) is 5.92 Å². The average Bonchev–Trinajstić information content (AvgIpc) is 3.14. The van der Waals surface area contributed by atoms with Gasteiger partial charge in [-0.3, -0.25) is 4.79 Å². The molecule has 1 amide bonds. The highest BCUT2D eigenvalue weighted by atomic mass is 35.5. The van der Waals surface area contributed by atoms with Crippen LogP contribution in [0.1, 0.15) is 18.4 Å². The van der Waals surface area contributed by atoms with Gasteiger partial charge in [0, 0.05) is 5.69 Å². The lowest BCUT2D eigenvalue weighted by Gasteiger charge is -2.13. The maximum Gasteiger partial charge on any atom is 0.393 e. The van der Waals surface area contributed by atoms with Gasteiger partial charge in [-0.2, -0.15) is 13.2 Å². The molecule has 2 rings (SSSR count). The minimum absolute atomic E-state index is 0. The number of alkyl halides is 3. The first kappa shape index (κ1) is 17.8. The van der Waals surface area contributed by atoms with Crippen molar-refractivity contribution in [2.45, 2.75) is 25.4 Å². The lowest BCUT2D eigenvalue weighted by atomic mass is 10.1. The van der Waals surface area contributed by atoms with Gasteiger partial charge < -0.3 is 10.6 Å². The van der Waals surface area contributed by atoms with Crippen molar-refractivity contribution in [2.75, 3.05) is 18.4 Å². The third-order valence-corrected chi connectivity index (χ3v) is 3.10. The fourth-order valence-electron chi connectivity index (χ4n) is 1.92. The van der Waals surface area contributed by atoms with E-state index in [0.717, 1.165) is 6.54 Å². The standard InChI is InChI=1S/C14H17F3N2O.ClH/c15-14(16,17)7-11-3-1-2-4-12(11)19-13(20)9-18-8-10-5-6-10;/h1-4,10,18H,5-9H2,(H,19,20);1H. The van der Waals surface area contributed by atoms with Gasteiger partial charge in [0.1, 0.15) is 0 Å². The van der Waals surface area contributed by atoms with Gasteiger partial charge in [-0.15, -0.1) is 12.4 Å². The number of carbonyl (C=O) groups is 1. The van der Waals surface area contributed by atoms with Crippen LogP contribution in [0.25, 0.3) is 0 Å². The molecule has 2 N–H and O–H groups in total. The van der Waals surface area contributed by atoms with Gasteiger partial charge in [0.15, 0.2) is 0 Å². The van der Waals surface area contributed by atoms with Crippen LogP contribution in [-0.4, -0.2) is 25.2 Å². The Balaban J connectivity index is 0.00000220. The van der Waals surface area contributed by atoms with Crippen molar-refractivity contribution in [3.05, 3.63) is 29.8 Å². The van der Waals surface area contributed by atoms with Crippen LogP contribution >= 0.6 is 12.4 Å². The van der Waals surface area contributed by atoms with Gasteiger partial charge in [-0.05, 0) is 36.9 Å². The van der Waals surface area contributed by atoms with E-state index in [0.29, 0.717) is 5.92 Å². The van der Waals surface area contributed by atoms with E-state index in [4.69, 9.17) is 0 Å². The Labute approximate surface area is 127 Å². The predicted molar refractivity (Wildman–Crippen MR) is 77.7 cm³/mol. The molecule has 1 aliphatic rings. The Bertz CT molecular complexity index is 476. The molecule has 0 spiro atoms. The molecule has 118 valence electrons. The normalized spacial score (nSPS) is 14.4. The first-order chi connectivity index (χ1) is 9.44. The average molecular weight is 323 g/mol. The second-order valence-electron chi connectivity index (χ2n) is 5.07. The number of para-hydroxylation sites is 1. The molecule has 1 fully saturated rings. The third-order valence-electron chi connectivity index (χ3n) is 3.10. The summed E-state index contributed by atoms with van der Waals surface area (Å²) in [5.74, 6) is 0.334.